The van der Waals surface area contributed by atoms with E-state index in [4.69, 9.17) is 18.0 Å². The van der Waals surface area contributed by atoms with Crippen LogP contribution in [0.5, 0.6) is 0 Å². The molecule has 0 aliphatic heterocycles. The van der Waals surface area contributed by atoms with Crippen LogP contribution >= 0.6 is 24.0 Å². The van der Waals surface area contributed by atoms with Gasteiger partial charge in [-0.25, -0.2) is 0 Å². The van der Waals surface area contributed by atoms with Crippen molar-refractivity contribution in [2.24, 2.45) is 5.73 Å². The van der Waals surface area contributed by atoms with Crippen molar-refractivity contribution in [3.63, 3.8) is 0 Å². The summed E-state index contributed by atoms with van der Waals surface area (Å²) in [4.78, 5) is 3.81. The van der Waals surface area contributed by atoms with Crippen molar-refractivity contribution in [3.05, 3.63) is 59.7 Å². The van der Waals surface area contributed by atoms with Gasteiger partial charge in [-0.1, -0.05) is 48.6 Å². The number of benzene rings is 2. The highest BCUT2D eigenvalue weighted by molar-refractivity contribution is 7.98. The Hall–Kier alpha value is -1.52. The highest BCUT2D eigenvalue weighted by atomic mass is 32.2. The Bertz CT molecular complexity index is 611. The van der Waals surface area contributed by atoms with Crippen LogP contribution in [0, 0.1) is 0 Å². The minimum Gasteiger partial charge on any atom is -0.389 e. The van der Waals surface area contributed by atoms with Crippen molar-refractivity contribution in [3.8, 4) is 0 Å². The predicted octanol–water partition coefficient (Wildman–Crippen LogP) is 3.72. The van der Waals surface area contributed by atoms with Gasteiger partial charge in [0.25, 0.3) is 0 Å². The minimum atomic E-state index is 0.460. The molecule has 21 heavy (non-hydrogen) atoms. The lowest BCUT2D eigenvalue weighted by atomic mass is 10.1. The number of thiocarbonyl (C=S) groups is 1. The van der Waals surface area contributed by atoms with Gasteiger partial charge in [-0.2, -0.15) is 0 Å². The molecular weight excluding hydrogens is 296 g/mol. The summed E-state index contributed by atoms with van der Waals surface area (Å²) in [7, 11) is 2.09. The lowest BCUT2D eigenvalue weighted by molar-refractivity contribution is 0.874. The number of nitrogens with zero attached hydrogens (tertiary/aromatic N) is 1. The van der Waals surface area contributed by atoms with Gasteiger partial charge in [0.05, 0.1) is 0 Å². The van der Waals surface area contributed by atoms with Gasteiger partial charge in [0, 0.05) is 29.7 Å². The quantitative estimate of drug-likeness (QED) is 0.649. The van der Waals surface area contributed by atoms with Crippen LogP contribution in [-0.4, -0.2) is 24.8 Å². The molecule has 0 unspecified atom stereocenters. The third kappa shape index (κ3) is 3.99. The van der Waals surface area contributed by atoms with Gasteiger partial charge in [-0.05, 0) is 30.4 Å². The second kappa shape index (κ2) is 7.48. The van der Waals surface area contributed by atoms with Crippen molar-refractivity contribution < 1.29 is 0 Å². The SMILES string of the molecule is CSc1cccc(N(C)CCc2ccccc2)c1C(N)=S. The molecule has 0 saturated carbocycles. The summed E-state index contributed by atoms with van der Waals surface area (Å²) < 4.78 is 0. The van der Waals surface area contributed by atoms with Crippen LogP contribution in [0.1, 0.15) is 11.1 Å². The molecule has 4 heteroatoms. The van der Waals surface area contributed by atoms with Crippen molar-refractivity contribution in [2.45, 2.75) is 11.3 Å². The maximum absolute atomic E-state index is 5.93. The van der Waals surface area contributed by atoms with Gasteiger partial charge in [0.15, 0.2) is 0 Å². The Balaban J connectivity index is 2.19. The number of rotatable bonds is 6. The maximum Gasteiger partial charge on any atom is 0.107 e. The average molecular weight is 316 g/mol. The molecular formula is C17H20N2S2. The fraction of sp³-hybridized carbons (Fsp3) is 0.235. The summed E-state index contributed by atoms with van der Waals surface area (Å²) in [6.45, 7) is 0.928. The van der Waals surface area contributed by atoms with Crippen LogP contribution in [-0.2, 0) is 6.42 Å². The third-order valence-electron chi connectivity index (χ3n) is 3.46. The second-order valence-corrected chi connectivity index (χ2v) is 6.16. The third-order valence-corrected chi connectivity index (χ3v) is 4.44. The molecule has 0 atom stereocenters. The molecule has 2 nitrogen and oxygen atoms in total. The molecule has 0 saturated heterocycles. The summed E-state index contributed by atoms with van der Waals surface area (Å²) in [6, 6.07) is 16.7. The summed E-state index contributed by atoms with van der Waals surface area (Å²) >= 11 is 6.91. The molecule has 0 aliphatic carbocycles. The fourth-order valence-corrected chi connectivity index (χ4v) is 3.23. The number of thioether (sulfide) groups is 1. The molecule has 2 aromatic rings. The molecule has 0 aromatic heterocycles. The predicted molar refractivity (Wildman–Crippen MR) is 97.5 cm³/mol. The van der Waals surface area contributed by atoms with E-state index in [1.165, 1.54) is 5.56 Å². The zero-order valence-corrected chi connectivity index (χ0v) is 14.0. The normalized spacial score (nSPS) is 10.4. The van der Waals surface area contributed by atoms with Crippen LogP contribution in [0.25, 0.3) is 0 Å². The molecule has 0 spiro atoms. The zero-order chi connectivity index (χ0) is 15.2. The first-order valence-corrected chi connectivity index (χ1v) is 8.48. The first-order valence-electron chi connectivity index (χ1n) is 6.85. The van der Waals surface area contributed by atoms with Gasteiger partial charge in [0.1, 0.15) is 4.99 Å². The Labute approximate surface area is 136 Å². The van der Waals surface area contributed by atoms with Gasteiger partial charge in [-0.3, -0.25) is 0 Å². The first kappa shape index (κ1) is 15.9. The standard InChI is InChI=1S/C17H20N2S2/c1-19(12-11-13-7-4-3-5-8-13)14-9-6-10-15(21-2)16(14)17(18)20/h3-10H,11-12H2,1-2H3,(H2,18,20). The highest BCUT2D eigenvalue weighted by Gasteiger charge is 2.13. The first-order chi connectivity index (χ1) is 10.1. The summed E-state index contributed by atoms with van der Waals surface area (Å²) in [5.41, 5.74) is 9.35. The lowest BCUT2D eigenvalue weighted by Crippen LogP contribution is -2.24. The molecule has 110 valence electrons. The summed E-state index contributed by atoms with van der Waals surface area (Å²) in [6.07, 6.45) is 3.04. The Morgan fingerprint density at radius 3 is 2.48 bits per heavy atom. The Kier molecular flexibility index (Phi) is 5.65. The van der Waals surface area contributed by atoms with Crippen molar-refractivity contribution in [2.75, 3.05) is 24.7 Å². The van der Waals surface area contributed by atoms with E-state index in [0.717, 1.165) is 29.1 Å². The second-order valence-electron chi connectivity index (χ2n) is 4.88. The zero-order valence-electron chi connectivity index (χ0n) is 12.4. The lowest BCUT2D eigenvalue weighted by Gasteiger charge is -2.23. The molecule has 2 rings (SSSR count). The number of anilines is 1. The van der Waals surface area contributed by atoms with Crippen LogP contribution in [0.3, 0.4) is 0 Å². The van der Waals surface area contributed by atoms with E-state index >= 15 is 0 Å². The van der Waals surface area contributed by atoms with Crippen molar-refractivity contribution in [1.29, 1.82) is 0 Å². The fourth-order valence-electron chi connectivity index (χ4n) is 2.32. The molecule has 0 amide bonds. The molecule has 0 aliphatic rings. The number of likely N-dealkylation sites (N-methyl/N-ethyl adjacent to an activating group) is 1. The average Bonchev–Trinajstić information content (AvgIpc) is 2.52. The van der Waals surface area contributed by atoms with E-state index in [2.05, 4.69) is 54.4 Å². The summed E-state index contributed by atoms with van der Waals surface area (Å²) in [5.74, 6) is 0. The molecule has 0 radical (unpaired) electrons. The van der Waals surface area contributed by atoms with E-state index in [9.17, 15) is 0 Å². The van der Waals surface area contributed by atoms with Gasteiger partial charge in [0.2, 0.25) is 0 Å². The topological polar surface area (TPSA) is 29.3 Å². The minimum absolute atomic E-state index is 0.460. The Morgan fingerprint density at radius 2 is 1.86 bits per heavy atom. The Morgan fingerprint density at radius 1 is 1.14 bits per heavy atom. The molecule has 0 heterocycles. The number of hydrogen-bond acceptors (Lipinski definition) is 3. The van der Waals surface area contributed by atoms with Crippen LogP contribution in [0.2, 0.25) is 0 Å². The number of nitrogens with two attached hydrogens (primary N) is 1. The monoisotopic (exact) mass is 316 g/mol. The van der Waals surface area contributed by atoms with Crippen LogP contribution in [0.15, 0.2) is 53.4 Å². The van der Waals surface area contributed by atoms with Crippen LogP contribution in [0.4, 0.5) is 5.69 Å². The van der Waals surface area contributed by atoms with E-state index < -0.39 is 0 Å². The van der Waals surface area contributed by atoms with E-state index in [-0.39, 0.29) is 0 Å². The smallest absolute Gasteiger partial charge is 0.107 e. The molecule has 2 aromatic carbocycles. The van der Waals surface area contributed by atoms with E-state index in [1.54, 1.807) is 11.8 Å². The van der Waals surface area contributed by atoms with Crippen molar-refractivity contribution >= 4 is 34.7 Å². The largest absolute Gasteiger partial charge is 0.389 e. The summed E-state index contributed by atoms with van der Waals surface area (Å²) in [5, 5.41) is 0. The molecule has 2 N–H and O–H groups in total. The maximum atomic E-state index is 5.93. The highest BCUT2D eigenvalue weighted by Crippen LogP contribution is 2.29. The number of hydrogen-bond donors (Lipinski definition) is 1. The van der Waals surface area contributed by atoms with Gasteiger partial charge in [-0.15, -0.1) is 11.8 Å². The van der Waals surface area contributed by atoms with E-state index in [1.807, 2.05) is 12.3 Å². The molecule has 0 bridgehead atoms. The van der Waals surface area contributed by atoms with Gasteiger partial charge < -0.3 is 10.6 Å². The van der Waals surface area contributed by atoms with Gasteiger partial charge >= 0.3 is 0 Å². The van der Waals surface area contributed by atoms with Crippen molar-refractivity contribution in [1.82, 2.24) is 0 Å². The molecule has 0 fully saturated rings. The van der Waals surface area contributed by atoms with Crippen LogP contribution < -0.4 is 10.6 Å². The van der Waals surface area contributed by atoms with E-state index in [0.29, 0.717) is 4.99 Å².